The number of carbonyl (C=O) groups excluding carboxylic acids is 2. The largest absolute Gasteiger partial charge is 0.494 e. The molecule has 0 aliphatic carbocycles. The molecule has 0 aliphatic rings. The van der Waals surface area contributed by atoms with Crippen LogP contribution in [-0.4, -0.2) is 26.3 Å². The van der Waals surface area contributed by atoms with Crippen LogP contribution >= 0.6 is 0 Å². The number of esters is 1. The molecule has 136 valence electrons. The van der Waals surface area contributed by atoms with Crippen molar-refractivity contribution in [3.8, 4) is 5.75 Å². The van der Waals surface area contributed by atoms with Gasteiger partial charge in [-0.2, -0.15) is 0 Å². The summed E-state index contributed by atoms with van der Waals surface area (Å²) in [5, 5.41) is 2.33. The third-order valence-corrected chi connectivity index (χ3v) is 3.34. The maximum atomic E-state index is 13.5. The zero-order valence-corrected chi connectivity index (χ0v) is 14.3. The SMILES string of the molecule is COC(=O)C(=Cc1ccc(F)c(OC)c1)NC(=O)OCc1ccccc1. The van der Waals surface area contributed by atoms with E-state index >= 15 is 0 Å². The summed E-state index contributed by atoms with van der Waals surface area (Å²) >= 11 is 0. The number of carbonyl (C=O) groups is 2. The fourth-order valence-corrected chi connectivity index (χ4v) is 2.06. The van der Waals surface area contributed by atoms with Crippen molar-refractivity contribution in [2.75, 3.05) is 14.2 Å². The minimum Gasteiger partial charge on any atom is -0.494 e. The number of benzene rings is 2. The van der Waals surface area contributed by atoms with E-state index in [-0.39, 0.29) is 18.1 Å². The number of methoxy groups -OCH3 is 2. The molecule has 0 radical (unpaired) electrons. The lowest BCUT2D eigenvalue weighted by Crippen LogP contribution is -2.28. The van der Waals surface area contributed by atoms with Crippen LogP contribution in [0.15, 0.2) is 54.2 Å². The summed E-state index contributed by atoms with van der Waals surface area (Å²) in [6.45, 7) is 0.0471. The van der Waals surface area contributed by atoms with Crippen molar-refractivity contribution in [1.29, 1.82) is 0 Å². The third-order valence-electron chi connectivity index (χ3n) is 3.34. The van der Waals surface area contributed by atoms with Gasteiger partial charge in [0, 0.05) is 0 Å². The van der Waals surface area contributed by atoms with Crippen molar-refractivity contribution in [2.45, 2.75) is 6.61 Å². The second-order valence-electron chi connectivity index (χ2n) is 5.13. The fraction of sp³-hybridized carbons (Fsp3) is 0.158. The van der Waals surface area contributed by atoms with E-state index in [9.17, 15) is 14.0 Å². The lowest BCUT2D eigenvalue weighted by Gasteiger charge is -2.10. The van der Waals surface area contributed by atoms with Crippen LogP contribution in [0.2, 0.25) is 0 Å². The Labute approximate surface area is 150 Å². The van der Waals surface area contributed by atoms with Gasteiger partial charge < -0.3 is 14.2 Å². The summed E-state index contributed by atoms with van der Waals surface area (Å²) in [6.07, 6.45) is 0.511. The highest BCUT2D eigenvalue weighted by molar-refractivity contribution is 5.96. The van der Waals surface area contributed by atoms with E-state index in [0.717, 1.165) is 5.56 Å². The minimum atomic E-state index is -0.820. The van der Waals surface area contributed by atoms with Gasteiger partial charge in [-0.15, -0.1) is 0 Å². The molecule has 7 heteroatoms. The molecule has 0 unspecified atom stereocenters. The molecule has 0 atom stereocenters. The van der Waals surface area contributed by atoms with Gasteiger partial charge >= 0.3 is 12.1 Å². The second-order valence-corrected chi connectivity index (χ2v) is 5.13. The van der Waals surface area contributed by atoms with Gasteiger partial charge in [0.15, 0.2) is 11.6 Å². The van der Waals surface area contributed by atoms with Crippen LogP contribution in [0.4, 0.5) is 9.18 Å². The number of hydrogen-bond donors (Lipinski definition) is 1. The Bertz CT molecular complexity index is 805. The second kappa shape index (κ2) is 9.22. The van der Waals surface area contributed by atoms with Gasteiger partial charge in [0.1, 0.15) is 12.3 Å². The van der Waals surface area contributed by atoms with Gasteiger partial charge in [0.05, 0.1) is 14.2 Å². The van der Waals surface area contributed by atoms with Crippen LogP contribution in [0, 0.1) is 5.82 Å². The molecule has 26 heavy (non-hydrogen) atoms. The van der Waals surface area contributed by atoms with E-state index in [0.29, 0.717) is 5.56 Å². The average molecular weight is 359 g/mol. The molecule has 2 aromatic carbocycles. The number of nitrogens with one attached hydrogen (secondary N) is 1. The highest BCUT2D eigenvalue weighted by Crippen LogP contribution is 2.20. The minimum absolute atomic E-state index is 0.00891. The normalized spacial score (nSPS) is 10.8. The molecular weight excluding hydrogens is 341 g/mol. The Balaban J connectivity index is 2.11. The van der Waals surface area contributed by atoms with Crippen LogP contribution in [0.1, 0.15) is 11.1 Å². The van der Waals surface area contributed by atoms with Crippen LogP contribution < -0.4 is 10.1 Å². The first-order chi connectivity index (χ1) is 12.5. The Hall–Kier alpha value is -3.35. The van der Waals surface area contributed by atoms with E-state index in [4.69, 9.17) is 9.47 Å². The van der Waals surface area contributed by atoms with E-state index in [2.05, 4.69) is 10.1 Å². The molecule has 2 rings (SSSR count). The lowest BCUT2D eigenvalue weighted by atomic mass is 10.1. The van der Waals surface area contributed by atoms with Gasteiger partial charge in [-0.05, 0) is 29.3 Å². The summed E-state index contributed by atoms with van der Waals surface area (Å²) in [5.41, 5.74) is 1.08. The van der Waals surface area contributed by atoms with Crippen LogP contribution in [0.3, 0.4) is 0 Å². The van der Waals surface area contributed by atoms with Gasteiger partial charge in [-0.25, -0.2) is 14.0 Å². The molecule has 0 heterocycles. The number of amides is 1. The summed E-state index contributed by atoms with van der Waals surface area (Å²) in [7, 11) is 2.50. The first-order valence-electron chi connectivity index (χ1n) is 7.64. The first kappa shape index (κ1) is 19.0. The smallest absolute Gasteiger partial charge is 0.412 e. The van der Waals surface area contributed by atoms with Crippen molar-refractivity contribution in [3.63, 3.8) is 0 Å². The number of hydrogen-bond acceptors (Lipinski definition) is 5. The van der Waals surface area contributed by atoms with E-state index in [1.807, 2.05) is 18.2 Å². The number of alkyl carbamates (subject to hydrolysis) is 1. The summed E-state index contributed by atoms with van der Waals surface area (Å²) in [5.74, 6) is -1.31. The molecule has 0 aliphatic heterocycles. The maximum absolute atomic E-state index is 13.5. The molecular formula is C19H18FNO5. The van der Waals surface area contributed by atoms with Crippen LogP contribution in [-0.2, 0) is 20.9 Å². The molecule has 0 saturated carbocycles. The van der Waals surface area contributed by atoms with Gasteiger partial charge in [-0.1, -0.05) is 36.4 Å². The molecule has 1 N–H and O–H groups in total. The van der Waals surface area contributed by atoms with Crippen molar-refractivity contribution < 1.29 is 28.2 Å². The number of ether oxygens (including phenoxy) is 3. The quantitative estimate of drug-likeness (QED) is 0.633. The van der Waals surface area contributed by atoms with E-state index < -0.39 is 17.9 Å². The Kier molecular flexibility index (Phi) is 6.73. The third kappa shape index (κ3) is 5.34. The predicted molar refractivity (Wildman–Crippen MR) is 92.7 cm³/mol. The van der Waals surface area contributed by atoms with Crippen LogP contribution in [0.25, 0.3) is 6.08 Å². The average Bonchev–Trinajstić information content (AvgIpc) is 2.67. The summed E-state index contributed by atoms with van der Waals surface area (Å²) in [6, 6.07) is 13.1. The zero-order chi connectivity index (χ0) is 18.9. The Morgan fingerprint density at radius 1 is 1.12 bits per heavy atom. The summed E-state index contributed by atoms with van der Waals surface area (Å²) in [4.78, 5) is 23.8. The van der Waals surface area contributed by atoms with Crippen molar-refractivity contribution in [1.82, 2.24) is 5.32 Å². The predicted octanol–water partition coefficient (Wildman–Crippen LogP) is 3.27. The first-order valence-corrected chi connectivity index (χ1v) is 7.64. The number of halogens is 1. The van der Waals surface area contributed by atoms with Crippen molar-refractivity contribution in [3.05, 3.63) is 71.2 Å². The lowest BCUT2D eigenvalue weighted by molar-refractivity contribution is -0.136. The monoisotopic (exact) mass is 359 g/mol. The molecule has 0 saturated heterocycles. The highest BCUT2D eigenvalue weighted by Gasteiger charge is 2.15. The molecule has 0 spiro atoms. The topological polar surface area (TPSA) is 73.9 Å². The van der Waals surface area contributed by atoms with Gasteiger partial charge in [0.2, 0.25) is 0 Å². The fourth-order valence-electron chi connectivity index (χ4n) is 2.06. The van der Waals surface area contributed by atoms with Crippen molar-refractivity contribution >= 4 is 18.1 Å². The summed E-state index contributed by atoms with van der Waals surface area (Å²) < 4.78 is 28.1. The molecule has 0 bridgehead atoms. The van der Waals surface area contributed by atoms with Crippen molar-refractivity contribution in [2.24, 2.45) is 0 Å². The zero-order valence-electron chi connectivity index (χ0n) is 14.3. The Morgan fingerprint density at radius 2 is 1.85 bits per heavy atom. The number of rotatable bonds is 6. The molecule has 1 amide bonds. The molecule has 2 aromatic rings. The standard InChI is InChI=1S/C19H18FNO5/c1-24-17-11-14(8-9-15(17)20)10-16(18(22)25-2)21-19(23)26-12-13-6-4-3-5-7-13/h3-11H,12H2,1-2H3,(H,21,23). The Morgan fingerprint density at radius 3 is 2.50 bits per heavy atom. The van der Waals surface area contributed by atoms with E-state index in [1.165, 1.54) is 38.5 Å². The maximum Gasteiger partial charge on any atom is 0.412 e. The molecule has 0 aromatic heterocycles. The highest BCUT2D eigenvalue weighted by atomic mass is 19.1. The van der Waals surface area contributed by atoms with Crippen LogP contribution in [0.5, 0.6) is 5.75 Å². The molecule has 0 fully saturated rings. The molecule has 6 nitrogen and oxygen atoms in total. The van der Waals surface area contributed by atoms with E-state index in [1.54, 1.807) is 12.1 Å². The van der Waals surface area contributed by atoms with Gasteiger partial charge in [-0.3, -0.25) is 5.32 Å². The van der Waals surface area contributed by atoms with Gasteiger partial charge in [0.25, 0.3) is 0 Å².